The zero-order valence-corrected chi connectivity index (χ0v) is 13.7. The van der Waals surface area contributed by atoms with E-state index < -0.39 is 17.6 Å². The number of rotatable bonds is 7. The average molecular weight is 352 g/mol. The smallest absolute Gasteiger partial charge is 0.369 e. The summed E-state index contributed by atoms with van der Waals surface area (Å²) in [5, 5.41) is 5.30. The molecule has 0 spiro atoms. The van der Waals surface area contributed by atoms with Crippen LogP contribution in [0.15, 0.2) is 36.7 Å². The Morgan fingerprint density at radius 3 is 2.52 bits per heavy atom. The topological polar surface area (TPSA) is 66.9 Å². The van der Waals surface area contributed by atoms with Crippen molar-refractivity contribution in [3.8, 4) is 0 Å². The van der Waals surface area contributed by atoms with E-state index in [9.17, 15) is 18.0 Å². The van der Waals surface area contributed by atoms with E-state index in [1.54, 1.807) is 0 Å². The van der Waals surface area contributed by atoms with E-state index in [4.69, 9.17) is 0 Å². The van der Waals surface area contributed by atoms with Crippen molar-refractivity contribution in [3.05, 3.63) is 47.9 Å². The first-order chi connectivity index (χ1) is 11.9. The molecule has 134 valence electrons. The highest BCUT2D eigenvalue weighted by Crippen LogP contribution is 2.34. The molecule has 1 aromatic carbocycles. The minimum absolute atomic E-state index is 0.0592. The molecule has 25 heavy (non-hydrogen) atoms. The van der Waals surface area contributed by atoms with Crippen molar-refractivity contribution in [1.29, 1.82) is 0 Å². The van der Waals surface area contributed by atoms with E-state index in [0.717, 1.165) is 31.9 Å². The van der Waals surface area contributed by atoms with Crippen molar-refractivity contribution < 1.29 is 18.0 Å². The number of unbranched alkanes of at least 4 members (excludes halogenated alkanes) is 2. The molecule has 0 aliphatic rings. The van der Waals surface area contributed by atoms with Gasteiger partial charge >= 0.3 is 6.18 Å². The maximum atomic E-state index is 12.9. The molecule has 5 nitrogen and oxygen atoms in total. The summed E-state index contributed by atoms with van der Waals surface area (Å²) in [5.41, 5.74) is -1.29. The average Bonchev–Trinajstić information content (AvgIpc) is 2.59. The molecule has 0 radical (unpaired) electrons. The van der Waals surface area contributed by atoms with Crippen LogP contribution in [0.25, 0.3) is 0 Å². The van der Waals surface area contributed by atoms with Gasteiger partial charge in [-0.1, -0.05) is 31.9 Å². The van der Waals surface area contributed by atoms with Crippen LogP contribution in [0, 0.1) is 0 Å². The number of nitrogens with zero attached hydrogens (tertiary/aromatic N) is 2. The van der Waals surface area contributed by atoms with Gasteiger partial charge in [-0.2, -0.15) is 13.2 Å². The van der Waals surface area contributed by atoms with Crippen LogP contribution >= 0.6 is 0 Å². The van der Waals surface area contributed by atoms with E-state index in [1.165, 1.54) is 30.6 Å². The van der Waals surface area contributed by atoms with Gasteiger partial charge in [0.25, 0.3) is 5.91 Å². The third-order valence-electron chi connectivity index (χ3n) is 3.45. The van der Waals surface area contributed by atoms with Crippen molar-refractivity contribution >= 4 is 17.4 Å². The molecule has 2 rings (SSSR count). The van der Waals surface area contributed by atoms with Crippen LogP contribution in [0.3, 0.4) is 0 Å². The summed E-state index contributed by atoms with van der Waals surface area (Å²) < 4.78 is 38.8. The predicted octanol–water partition coefficient (Wildman–Crippen LogP) is 4.35. The molecule has 2 N–H and O–H groups in total. The number of carbonyl (C=O) groups excluding carboxylic acids is 1. The quantitative estimate of drug-likeness (QED) is 0.727. The predicted molar refractivity (Wildman–Crippen MR) is 89.4 cm³/mol. The summed E-state index contributed by atoms with van der Waals surface area (Å²) in [4.78, 5) is 20.1. The Bertz CT molecular complexity index is 702. The van der Waals surface area contributed by atoms with Crippen molar-refractivity contribution in [2.45, 2.75) is 32.4 Å². The van der Waals surface area contributed by atoms with Crippen LogP contribution in [0.5, 0.6) is 0 Å². The van der Waals surface area contributed by atoms with Crippen LogP contribution in [-0.2, 0) is 6.18 Å². The van der Waals surface area contributed by atoms with Crippen LogP contribution < -0.4 is 10.6 Å². The molecule has 0 bridgehead atoms. The minimum atomic E-state index is -4.55. The van der Waals surface area contributed by atoms with E-state index in [2.05, 4.69) is 27.5 Å². The van der Waals surface area contributed by atoms with Crippen LogP contribution in [0.1, 0.15) is 42.2 Å². The van der Waals surface area contributed by atoms with Gasteiger partial charge in [0.1, 0.15) is 11.5 Å². The van der Waals surface area contributed by atoms with Crippen molar-refractivity contribution in [2.24, 2.45) is 0 Å². The summed E-state index contributed by atoms with van der Waals surface area (Å²) in [5.74, 6) is -0.231. The lowest BCUT2D eigenvalue weighted by Gasteiger charge is -2.13. The van der Waals surface area contributed by atoms with Crippen molar-refractivity contribution in [2.75, 3.05) is 17.2 Å². The monoisotopic (exact) mass is 352 g/mol. The fourth-order valence-electron chi connectivity index (χ4n) is 2.15. The Balaban J connectivity index is 2.02. The van der Waals surface area contributed by atoms with Crippen LogP contribution in [0.4, 0.5) is 24.7 Å². The third kappa shape index (κ3) is 5.44. The molecule has 1 heterocycles. The number of aromatic nitrogens is 2. The summed E-state index contributed by atoms with van der Waals surface area (Å²) in [6.07, 6.45) is 1.26. The summed E-state index contributed by atoms with van der Waals surface area (Å²) in [6.45, 7) is 2.84. The summed E-state index contributed by atoms with van der Waals surface area (Å²) >= 11 is 0. The highest BCUT2D eigenvalue weighted by Gasteiger charge is 2.33. The minimum Gasteiger partial charge on any atom is -0.369 e. The second kappa shape index (κ2) is 8.46. The number of hydrogen-bond acceptors (Lipinski definition) is 4. The molecular formula is C17H19F3N4O. The highest BCUT2D eigenvalue weighted by molar-refractivity contribution is 6.03. The Hall–Kier alpha value is -2.64. The molecule has 2 aromatic rings. The van der Waals surface area contributed by atoms with E-state index in [1.807, 2.05) is 0 Å². The van der Waals surface area contributed by atoms with Gasteiger partial charge in [0, 0.05) is 6.54 Å². The number of para-hydroxylation sites is 1. The Morgan fingerprint density at radius 2 is 1.88 bits per heavy atom. The lowest BCUT2D eigenvalue weighted by atomic mass is 10.1. The van der Waals surface area contributed by atoms with Gasteiger partial charge in [0.05, 0.1) is 23.6 Å². The highest BCUT2D eigenvalue weighted by atomic mass is 19.4. The number of halogens is 3. The van der Waals surface area contributed by atoms with Gasteiger partial charge in [0.15, 0.2) is 0 Å². The van der Waals surface area contributed by atoms with Gasteiger partial charge in [-0.25, -0.2) is 9.97 Å². The third-order valence-corrected chi connectivity index (χ3v) is 3.45. The molecule has 0 atom stereocenters. The number of anilines is 2. The molecule has 8 heteroatoms. The fraction of sp³-hybridized carbons (Fsp3) is 0.353. The van der Waals surface area contributed by atoms with Crippen LogP contribution in [0.2, 0.25) is 0 Å². The van der Waals surface area contributed by atoms with Gasteiger partial charge in [0.2, 0.25) is 0 Å². The second-order valence-corrected chi connectivity index (χ2v) is 5.42. The standard InChI is InChI=1S/C17H19F3N4O/c1-2-3-6-9-21-15-11-22-14(10-23-15)16(25)24-13-8-5-4-7-12(13)17(18,19)20/h4-5,7-8,10-11H,2-3,6,9H2,1H3,(H,21,23)(H,24,25). The largest absolute Gasteiger partial charge is 0.418 e. The number of amides is 1. The van der Waals surface area contributed by atoms with Crippen molar-refractivity contribution in [3.63, 3.8) is 0 Å². The lowest BCUT2D eigenvalue weighted by Crippen LogP contribution is -2.18. The van der Waals surface area contributed by atoms with E-state index >= 15 is 0 Å². The number of alkyl halides is 3. The van der Waals surface area contributed by atoms with Crippen molar-refractivity contribution in [1.82, 2.24) is 9.97 Å². The molecule has 0 aliphatic heterocycles. The molecule has 0 fully saturated rings. The first kappa shape index (κ1) is 18.7. The maximum absolute atomic E-state index is 12.9. The first-order valence-corrected chi connectivity index (χ1v) is 7.95. The first-order valence-electron chi connectivity index (χ1n) is 7.95. The lowest BCUT2D eigenvalue weighted by molar-refractivity contribution is -0.136. The van der Waals surface area contributed by atoms with Crippen LogP contribution in [-0.4, -0.2) is 22.4 Å². The summed E-state index contributed by atoms with van der Waals surface area (Å²) in [7, 11) is 0. The molecular weight excluding hydrogens is 333 g/mol. The number of benzene rings is 1. The molecule has 0 saturated heterocycles. The normalized spacial score (nSPS) is 11.2. The zero-order valence-electron chi connectivity index (χ0n) is 13.7. The van der Waals surface area contributed by atoms with E-state index in [-0.39, 0.29) is 11.4 Å². The van der Waals surface area contributed by atoms with E-state index in [0.29, 0.717) is 5.82 Å². The van der Waals surface area contributed by atoms with Gasteiger partial charge < -0.3 is 10.6 Å². The molecule has 0 aliphatic carbocycles. The maximum Gasteiger partial charge on any atom is 0.418 e. The molecule has 0 unspecified atom stereocenters. The second-order valence-electron chi connectivity index (χ2n) is 5.42. The molecule has 0 saturated carbocycles. The summed E-state index contributed by atoms with van der Waals surface area (Å²) in [6, 6.07) is 4.78. The zero-order chi connectivity index (χ0) is 18.3. The number of carbonyl (C=O) groups is 1. The Kier molecular flexibility index (Phi) is 6.32. The number of nitrogens with one attached hydrogen (secondary N) is 2. The van der Waals surface area contributed by atoms with Gasteiger partial charge in [-0.15, -0.1) is 0 Å². The Morgan fingerprint density at radius 1 is 1.12 bits per heavy atom. The van der Waals surface area contributed by atoms with Gasteiger partial charge in [-0.05, 0) is 18.6 Å². The Labute approximate surface area is 143 Å². The number of hydrogen-bond donors (Lipinski definition) is 2. The molecule has 1 amide bonds. The van der Waals surface area contributed by atoms with Gasteiger partial charge in [-0.3, -0.25) is 4.79 Å². The fourth-order valence-corrected chi connectivity index (χ4v) is 2.15. The SMILES string of the molecule is CCCCCNc1cnc(C(=O)Nc2ccccc2C(F)(F)F)cn1. The molecule has 1 aromatic heterocycles.